The zero-order valence-electron chi connectivity index (χ0n) is 7.94. The number of aromatic amines is 1. The van der Waals surface area contributed by atoms with Crippen molar-refractivity contribution in [3.63, 3.8) is 0 Å². The van der Waals surface area contributed by atoms with Crippen molar-refractivity contribution >= 4 is 5.95 Å². The van der Waals surface area contributed by atoms with Crippen LogP contribution in [-0.4, -0.2) is 26.5 Å². The minimum Gasteiger partial charge on any atom is -0.354 e. The maximum absolute atomic E-state index is 12.5. The molecule has 5 nitrogen and oxygen atoms in total. The second kappa shape index (κ2) is 4.50. The molecular formula is C9H10FN5. The highest BCUT2D eigenvalue weighted by atomic mass is 19.1. The molecule has 2 aromatic rings. The van der Waals surface area contributed by atoms with E-state index in [1.54, 1.807) is 12.5 Å². The van der Waals surface area contributed by atoms with Crippen LogP contribution >= 0.6 is 0 Å². The van der Waals surface area contributed by atoms with Crippen molar-refractivity contribution in [2.75, 3.05) is 11.9 Å². The van der Waals surface area contributed by atoms with E-state index >= 15 is 0 Å². The van der Waals surface area contributed by atoms with E-state index in [0.717, 1.165) is 24.5 Å². The third-order valence-electron chi connectivity index (χ3n) is 1.85. The molecule has 0 atom stereocenters. The maximum Gasteiger partial charge on any atom is 0.222 e. The van der Waals surface area contributed by atoms with Crippen molar-refractivity contribution < 1.29 is 4.39 Å². The lowest BCUT2D eigenvalue weighted by Gasteiger charge is -2.02. The van der Waals surface area contributed by atoms with Crippen molar-refractivity contribution in [2.45, 2.75) is 6.42 Å². The van der Waals surface area contributed by atoms with E-state index in [1.807, 2.05) is 0 Å². The number of imidazole rings is 1. The van der Waals surface area contributed by atoms with E-state index in [-0.39, 0.29) is 0 Å². The molecule has 0 saturated carbocycles. The lowest BCUT2D eigenvalue weighted by molar-refractivity contribution is 0.614. The van der Waals surface area contributed by atoms with Gasteiger partial charge in [-0.05, 0) is 0 Å². The molecule has 2 aromatic heterocycles. The fourth-order valence-corrected chi connectivity index (χ4v) is 1.13. The van der Waals surface area contributed by atoms with Gasteiger partial charge < -0.3 is 10.3 Å². The van der Waals surface area contributed by atoms with E-state index in [2.05, 4.69) is 25.3 Å². The SMILES string of the molecule is Fc1cnc(NCCc2cnc[nH]2)nc1. The third kappa shape index (κ3) is 2.73. The summed E-state index contributed by atoms with van der Waals surface area (Å²) in [5.74, 6) is -0.00923. The monoisotopic (exact) mass is 207 g/mol. The summed E-state index contributed by atoms with van der Waals surface area (Å²) >= 11 is 0. The average Bonchev–Trinajstić information content (AvgIpc) is 2.74. The van der Waals surface area contributed by atoms with Crippen molar-refractivity contribution in [1.29, 1.82) is 0 Å². The van der Waals surface area contributed by atoms with Crippen LogP contribution in [0.2, 0.25) is 0 Å². The largest absolute Gasteiger partial charge is 0.354 e. The Morgan fingerprint density at radius 1 is 1.27 bits per heavy atom. The first-order chi connectivity index (χ1) is 7.34. The Morgan fingerprint density at radius 3 is 2.73 bits per heavy atom. The van der Waals surface area contributed by atoms with Crippen LogP contribution in [-0.2, 0) is 6.42 Å². The number of hydrogen-bond acceptors (Lipinski definition) is 4. The minimum absolute atomic E-state index is 0.427. The molecule has 78 valence electrons. The molecule has 0 saturated heterocycles. The van der Waals surface area contributed by atoms with E-state index in [0.29, 0.717) is 12.5 Å². The average molecular weight is 207 g/mol. The van der Waals surface area contributed by atoms with E-state index in [4.69, 9.17) is 0 Å². The molecule has 0 aromatic carbocycles. The summed E-state index contributed by atoms with van der Waals surface area (Å²) in [6, 6.07) is 0. The molecule has 0 bridgehead atoms. The first-order valence-corrected chi connectivity index (χ1v) is 4.53. The van der Waals surface area contributed by atoms with E-state index in [1.165, 1.54) is 0 Å². The molecule has 0 amide bonds. The highest BCUT2D eigenvalue weighted by Gasteiger charge is 1.97. The standard InChI is InChI=1S/C9H10FN5/c10-7-3-13-9(14-4-7)12-2-1-8-5-11-6-15-8/h3-6H,1-2H2,(H,11,15)(H,12,13,14). The lowest BCUT2D eigenvalue weighted by Crippen LogP contribution is -2.08. The fraction of sp³-hybridized carbons (Fsp3) is 0.222. The number of aromatic nitrogens is 4. The van der Waals surface area contributed by atoms with Gasteiger partial charge in [0.1, 0.15) is 0 Å². The molecule has 0 aliphatic carbocycles. The van der Waals surface area contributed by atoms with Gasteiger partial charge >= 0.3 is 0 Å². The summed E-state index contributed by atoms with van der Waals surface area (Å²) in [5, 5.41) is 2.97. The summed E-state index contributed by atoms with van der Waals surface area (Å²) in [6.07, 6.45) is 6.44. The lowest BCUT2D eigenvalue weighted by atomic mass is 10.3. The molecule has 0 unspecified atom stereocenters. The maximum atomic E-state index is 12.5. The van der Waals surface area contributed by atoms with Crippen LogP contribution < -0.4 is 5.32 Å². The van der Waals surface area contributed by atoms with Gasteiger partial charge in [0.15, 0.2) is 5.82 Å². The van der Waals surface area contributed by atoms with Crippen LogP contribution in [0.4, 0.5) is 10.3 Å². The van der Waals surface area contributed by atoms with Gasteiger partial charge in [-0.1, -0.05) is 0 Å². The Hall–Kier alpha value is -1.98. The second-order valence-corrected chi connectivity index (χ2v) is 2.98. The van der Waals surface area contributed by atoms with Gasteiger partial charge in [0.25, 0.3) is 0 Å². The van der Waals surface area contributed by atoms with Crippen LogP contribution in [0.3, 0.4) is 0 Å². The van der Waals surface area contributed by atoms with Gasteiger partial charge in [0.05, 0.1) is 18.7 Å². The predicted octanol–water partition coefficient (Wildman–Crippen LogP) is 0.993. The number of nitrogens with one attached hydrogen (secondary N) is 2. The van der Waals surface area contributed by atoms with Crippen LogP contribution in [0.5, 0.6) is 0 Å². The zero-order valence-corrected chi connectivity index (χ0v) is 7.94. The summed E-state index contributed by atoms with van der Waals surface area (Å²) < 4.78 is 12.5. The first-order valence-electron chi connectivity index (χ1n) is 4.53. The van der Waals surface area contributed by atoms with Gasteiger partial charge in [-0.15, -0.1) is 0 Å². The van der Waals surface area contributed by atoms with Crippen LogP contribution in [0.1, 0.15) is 5.69 Å². The van der Waals surface area contributed by atoms with Crippen molar-refractivity contribution in [3.8, 4) is 0 Å². The zero-order chi connectivity index (χ0) is 10.5. The molecule has 0 fully saturated rings. The van der Waals surface area contributed by atoms with Crippen LogP contribution in [0, 0.1) is 5.82 Å². The number of hydrogen-bond donors (Lipinski definition) is 2. The quantitative estimate of drug-likeness (QED) is 0.784. The number of H-pyrrole nitrogens is 1. The molecule has 6 heteroatoms. The van der Waals surface area contributed by atoms with Crippen molar-refractivity contribution in [3.05, 3.63) is 36.4 Å². The predicted molar refractivity (Wildman–Crippen MR) is 52.8 cm³/mol. The topological polar surface area (TPSA) is 66.5 Å². The molecule has 2 N–H and O–H groups in total. The molecular weight excluding hydrogens is 197 g/mol. The van der Waals surface area contributed by atoms with Gasteiger partial charge in [0.2, 0.25) is 5.95 Å². The Balaban J connectivity index is 1.81. The van der Waals surface area contributed by atoms with Crippen molar-refractivity contribution in [1.82, 2.24) is 19.9 Å². The second-order valence-electron chi connectivity index (χ2n) is 2.98. The third-order valence-corrected chi connectivity index (χ3v) is 1.85. The molecule has 2 heterocycles. The van der Waals surface area contributed by atoms with Gasteiger partial charge in [-0.25, -0.2) is 19.3 Å². The molecule has 0 radical (unpaired) electrons. The van der Waals surface area contributed by atoms with Gasteiger partial charge in [-0.3, -0.25) is 0 Å². The van der Waals surface area contributed by atoms with E-state index < -0.39 is 5.82 Å². The Morgan fingerprint density at radius 2 is 2.07 bits per heavy atom. The highest BCUT2D eigenvalue weighted by Crippen LogP contribution is 1.99. The van der Waals surface area contributed by atoms with Crippen molar-refractivity contribution in [2.24, 2.45) is 0 Å². The smallest absolute Gasteiger partial charge is 0.222 e. The molecule has 0 spiro atoms. The number of rotatable bonds is 4. The van der Waals surface area contributed by atoms with Gasteiger partial charge in [-0.2, -0.15) is 0 Å². The normalized spacial score (nSPS) is 10.2. The summed E-state index contributed by atoms with van der Waals surface area (Å²) in [5.41, 5.74) is 1.03. The Labute approximate surface area is 85.8 Å². The highest BCUT2D eigenvalue weighted by molar-refractivity contribution is 5.22. The molecule has 0 aliphatic heterocycles. The first kappa shape index (κ1) is 9.57. The van der Waals surface area contributed by atoms with Crippen LogP contribution in [0.25, 0.3) is 0 Å². The minimum atomic E-state index is -0.436. The summed E-state index contributed by atoms with van der Waals surface area (Å²) in [7, 11) is 0. The number of halogens is 1. The van der Waals surface area contributed by atoms with Crippen LogP contribution in [0.15, 0.2) is 24.9 Å². The van der Waals surface area contributed by atoms with E-state index in [9.17, 15) is 4.39 Å². The summed E-state index contributed by atoms with van der Waals surface area (Å²) in [6.45, 7) is 0.674. The fourth-order valence-electron chi connectivity index (χ4n) is 1.13. The molecule has 0 aliphatic rings. The number of nitrogens with zero attached hydrogens (tertiary/aromatic N) is 3. The molecule has 15 heavy (non-hydrogen) atoms. The molecule has 2 rings (SSSR count). The van der Waals surface area contributed by atoms with Gasteiger partial charge in [0, 0.05) is 24.9 Å². The Kier molecular flexibility index (Phi) is 2.87. The Bertz CT molecular complexity index is 397. The summed E-state index contributed by atoms with van der Waals surface area (Å²) in [4.78, 5) is 14.4. The number of anilines is 1.